The largest absolute Gasteiger partial charge is 0.310 e. The van der Waals surface area contributed by atoms with Gasteiger partial charge in [0.15, 0.2) is 0 Å². The molecule has 0 aliphatic carbocycles. The first-order chi connectivity index (χ1) is 9.04. The smallest absolute Gasteiger partial charge is 0.123 e. The highest BCUT2D eigenvalue weighted by molar-refractivity contribution is 5.26. The van der Waals surface area contributed by atoms with E-state index in [1.54, 1.807) is 12.1 Å². The zero-order chi connectivity index (χ0) is 13.8. The molecule has 1 N–H and O–H groups in total. The molecule has 0 atom stereocenters. The Balaban J connectivity index is 2.05. The van der Waals surface area contributed by atoms with E-state index < -0.39 is 0 Å². The molecule has 0 spiro atoms. The summed E-state index contributed by atoms with van der Waals surface area (Å²) in [5.41, 5.74) is 3.19. The summed E-state index contributed by atoms with van der Waals surface area (Å²) in [5, 5.41) is 7.66. The number of hydrogen-bond donors (Lipinski definition) is 1. The number of rotatable bonds is 5. The molecular formula is C15H20FN3. The summed E-state index contributed by atoms with van der Waals surface area (Å²) in [7, 11) is 0. The molecule has 0 radical (unpaired) electrons. The van der Waals surface area contributed by atoms with E-state index in [1.165, 1.54) is 6.07 Å². The fourth-order valence-electron chi connectivity index (χ4n) is 1.89. The number of benzene rings is 1. The average molecular weight is 261 g/mol. The van der Waals surface area contributed by atoms with Crippen LogP contribution in [0.15, 0.2) is 30.6 Å². The van der Waals surface area contributed by atoms with E-state index in [2.05, 4.69) is 24.3 Å². The zero-order valence-electron chi connectivity index (χ0n) is 11.7. The predicted octanol–water partition coefficient (Wildman–Crippen LogP) is 2.88. The van der Waals surface area contributed by atoms with Crippen molar-refractivity contribution in [3.63, 3.8) is 0 Å². The van der Waals surface area contributed by atoms with Gasteiger partial charge in [-0.2, -0.15) is 5.10 Å². The quantitative estimate of drug-likeness (QED) is 0.897. The molecule has 2 rings (SSSR count). The highest BCUT2D eigenvalue weighted by atomic mass is 19.1. The minimum Gasteiger partial charge on any atom is -0.310 e. The van der Waals surface area contributed by atoms with Crippen LogP contribution in [0.25, 0.3) is 0 Å². The molecule has 3 nitrogen and oxygen atoms in total. The van der Waals surface area contributed by atoms with E-state index in [0.717, 1.165) is 23.2 Å². The Morgan fingerprint density at radius 1 is 1.37 bits per heavy atom. The van der Waals surface area contributed by atoms with Crippen LogP contribution in [0.4, 0.5) is 4.39 Å². The molecule has 0 saturated carbocycles. The molecule has 2 aromatic rings. The third-order valence-corrected chi connectivity index (χ3v) is 3.04. The second-order valence-electron chi connectivity index (χ2n) is 5.15. The maximum absolute atomic E-state index is 13.2. The van der Waals surface area contributed by atoms with Crippen molar-refractivity contribution >= 4 is 0 Å². The molecule has 0 unspecified atom stereocenters. The number of hydrogen-bond acceptors (Lipinski definition) is 2. The van der Waals surface area contributed by atoms with Crippen molar-refractivity contribution in [3.8, 4) is 0 Å². The molecule has 0 saturated heterocycles. The van der Waals surface area contributed by atoms with Gasteiger partial charge in [0.25, 0.3) is 0 Å². The molecule has 19 heavy (non-hydrogen) atoms. The lowest BCUT2D eigenvalue weighted by Gasteiger charge is -2.07. The Morgan fingerprint density at radius 2 is 2.16 bits per heavy atom. The predicted molar refractivity (Wildman–Crippen MR) is 74.4 cm³/mol. The third-order valence-electron chi connectivity index (χ3n) is 3.04. The van der Waals surface area contributed by atoms with Crippen molar-refractivity contribution in [1.29, 1.82) is 0 Å². The molecule has 0 aliphatic heterocycles. The van der Waals surface area contributed by atoms with Gasteiger partial charge in [0.1, 0.15) is 5.82 Å². The summed E-state index contributed by atoms with van der Waals surface area (Å²) < 4.78 is 15.1. The number of aryl methyl sites for hydroxylation is 1. The SMILES string of the molecule is Cc1ccc(F)cc1Cn1cc(CNC(C)C)cn1. The maximum atomic E-state index is 13.2. The standard InChI is InChI=1S/C15H20FN3/c1-11(2)17-7-13-8-18-19(9-13)10-14-6-15(16)5-4-12(14)3/h4-6,8-9,11,17H,7,10H2,1-3H3. The molecule has 1 aromatic carbocycles. The average Bonchev–Trinajstić information content (AvgIpc) is 2.79. The van der Waals surface area contributed by atoms with Crippen molar-refractivity contribution in [3.05, 3.63) is 53.1 Å². The van der Waals surface area contributed by atoms with Gasteiger partial charge >= 0.3 is 0 Å². The van der Waals surface area contributed by atoms with E-state index in [1.807, 2.05) is 24.0 Å². The minimum absolute atomic E-state index is 0.200. The molecule has 102 valence electrons. The third kappa shape index (κ3) is 3.89. The van der Waals surface area contributed by atoms with Crippen LogP contribution in [0.2, 0.25) is 0 Å². The molecule has 0 bridgehead atoms. The van der Waals surface area contributed by atoms with Gasteiger partial charge in [-0.25, -0.2) is 4.39 Å². The molecular weight excluding hydrogens is 241 g/mol. The first kappa shape index (κ1) is 13.7. The van der Waals surface area contributed by atoms with Crippen LogP contribution >= 0.6 is 0 Å². The Kier molecular flexibility index (Phi) is 4.32. The first-order valence-corrected chi connectivity index (χ1v) is 6.54. The fraction of sp³-hybridized carbons (Fsp3) is 0.400. The Morgan fingerprint density at radius 3 is 2.89 bits per heavy atom. The van der Waals surface area contributed by atoms with E-state index in [9.17, 15) is 4.39 Å². The van der Waals surface area contributed by atoms with Gasteiger partial charge in [0.05, 0.1) is 12.7 Å². The van der Waals surface area contributed by atoms with Crippen LogP contribution in [-0.4, -0.2) is 15.8 Å². The van der Waals surface area contributed by atoms with Gasteiger partial charge in [0.2, 0.25) is 0 Å². The number of nitrogens with one attached hydrogen (secondary N) is 1. The van der Waals surface area contributed by atoms with Crippen molar-refractivity contribution in [2.45, 2.75) is 39.9 Å². The second-order valence-corrected chi connectivity index (χ2v) is 5.15. The van der Waals surface area contributed by atoms with E-state index in [-0.39, 0.29) is 5.82 Å². The van der Waals surface area contributed by atoms with Crippen molar-refractivity contribution in [2.24, 2.45) is 0 Å². The van der Waals surface area contributed by atoms with Crippen LogP contribution in [0.3, 0.4) is 0 Å². The van der Waals surface area contributed by atoms with Crippen molar-refractivity contribution < 1.29 is 4.39 Å². The summed E-state index contributed by atoms with van der Waals surface area (Å²) in [6.45, 7) is 7.62. The van der Waals surface area contributed by atoms with E-state index in [4.69, 9.17) is 0 Å². The first-order valence-electron chi connectivity index (χ1n) is 6.54. The summed E-state index contributed by atoms with van der Waals surface area (Å²) in [4.78, 5) is 0. The lowest BCUT2D eigenvalue weighted by molar-refractivity contribution is 0.588. The number of halogens is 1. The monoisotopic (exact) mass is 261 g/mol. The van der Waals surface area contributed by atoms with E-state index >= 15 is 0 Å². The highest BCUT2D eigenvalue weighted by Crippen LogP contribution is 2.12. The topological polar surface area (TPSA) is 29.9 Å². The molecule has 0 amide bonds. The second kappa shape index (κ2) is 5.97. The molecule has 1 aromatic heterocycles. The lowest BCUT2D eigenvalue weighted by Crippen LogP contribution is -2.21. The van der Waals surface area contributed by atoms with Gasteiger partial charge in [0, 0.05) is 24.3 Å². The Labute approximate surface area is 113 Å². The zero-order valence-corrected chi connectivity index (χ0v) is 11.7. The maximum Gasteiger partial charge on any atom is 0.123 e. The fourth-order valence-corrected chi connectivity index (χ4v) is 1.89. The Bertz CT molecular complexity index is 546. The Hall–Kier alpha value is -1.68. The lowest BCUT2D eigenvalue weighted by atomic mass is 10.1. The van der Waals surface area contributed by atoms with Gasteiger partial charge in [-0.05, 0) is 30.2 Å². The molecule has 0 fully saturated rings. The van der Waals surface area contributed by atoms with Crippen molar-refractivity contribution in [1.82, 2.24) is 15.1 Å². The van der Waals surface area contributed by atoms with Gasteiger partial charge < -0.3 is 5.32 Å². The molecule has 4 heteroatoms. The van der Waals surface area contributed by atoms with Gasteiger partial charge in [-0.1, -0.05) is 19.9 Å². The number of aromatic nitrogens is 2. The van der Waals surface area contributed by atoms with Crippen LogP contribution in [-0.2, 0) is 13.1 Å². The summed E-state index contributed by atoms with van der Waals surface area (Å²) in [6.07, 6.45) is 3.85. The summed E-state index contributed by atoms with van der Waals surface area (Å²) >= 11 is 0. The van der Waals surface area contributed by atoms with Crippen molar-refractivity contribution in [2.75, 3.05) is 0 Å². The summed E-state index contributed by atoms with van der Waals surface area (Å²) in [5.74, 6) is -0.200. The van der Waals surface area contributed by atoms with Crippen LogP contribution in [0.1, 0.15) is 30.5 Å². The minimum atomic E-state index is -0.200. The van der Waals surface area contributed by atoms with Gasteiger partial charge in [-0.15, -0.1) is 0 Å². The highest BCUT2D eigenvalue weighted by Gasteiger charge is 2.04. The molecule has 0 aliphatic rings. The van der Waals surface area contributed by atoms with E-state index in [0.29, 0.717) is 12.6 Å². The normalized spacial score (nSPS) is 11.2. The summed E-state index contributed by atoms with van der Waals surface area (Å²) in [6, 6.07) is 5.31. The van der Waals surface area contributed by atoms with Crippen LogP contribution in [0.5, 0.6) is 0 Å². The van der Waals surface area contributed by atoms with Crippen LogP contribution < -0.4 is 5.32 Å². The molecule has 1 heterocycles. The number of nitrogens with zero attached hydrogens (tertiary/aromatic N) is 2. The van der Waals surface area contributed by atoms with Crippen LogP contribution in [0, 0.1) is 12.7 Å². The van der Waals surface area contributed by atoms with Gasteiger partial charge in [-0.3, -0.25) is 4.68 Å².